The van der Waals surface area contributed by atoms with Crippen molar-refractivity contribution in [1.29, 1.82) is 0 Å². The zero-order chi connectivity index (χ0) is 15.2. The van der Waals surface area contributed by atoms with Crippen LogP contribution in [0.2, 0.25) is 0 Å². The summed E-state index contributed by atoms with van der Waals surface area (Å²) in [6.45, 7) is 2.97. The van der Waals surface area contributed by atoms with Crippen LogP contribution in [0.4, 0.5) is 0 Å². The van der Waals surface area contributed by atoms with Crippen molar-refractivity contribution < 1.29 is 28.5 Å². The minimum absolute atomic E-state index is 0.243. The van der Waals surface area contributed by atoms with Crippen molar-refractivity contribution in [1.82, 2.24) is 0 Å². The summed E-state index contributed by atoms with van der Waals surface area (Å²) in [5.74, 6) is -0.500. The molecule has 21 heavy (non-hydrogen) atoms. The van der Waals surface area contributed by atoms with E-state index in [2.05, 4.69) is 0 Å². The van der Waals surface area contributed by atoms with Gasteiger partial charge in [0.2, 0.25) is 0 Å². The Balaban J connectivity index is 2.20. The Morgan fingerprint density at radius 1 is 1.29 bits per heavy atom. The summed E-state index contributed by atoms with van der Waals surface area (Å²) in [4.78, 5) is 23.6. The molecule has 1 aliphatic heterocycles. The van der Waals surface area contributed by atoms with Gasteiger partial charge in [0.25, 0.3) is 0 Å². The molecule has 6 nitrogen and oxygen atoms in total. The van der Waals surface area contributed by atoms with Crippen molar-refractivity contribution in [3.63, 3.8) is 0 Å². The average Bonchev–Trinajstić information content (AvgIpc) is 3.01. The highest BCUT2D eigenvalue weighted by Gasteiger charge is 2.22. The van der Waals surface area contributed by atoms with Crippen LogP contribution in [-0.4, -0.2) is 38.7 Å². The smallest absolute Gasteiger partial charge is 0.313 e. The first-order chi connectivity index (χ1) is 10.2. The maximum absolute atomic E-state index is 12.2. The Kier molecular flexibility index (Phi) is 5.30. The van der Waals surface area contributed by atoms with Crippen LogP contribution in [0.5, 0.6) is 5.75 Å². The standard InChI is InChI=1S/C15H18O6/c1-3-19-14(17)9-12(16)11-8-10(4-5-13(11)18-2)15-20-6-7-21-15/h4-5,8,15H,3,6-7,9H2,1-2H3. The number of Topliss-reactive ketones (excluding diaryl/α,β-unsaturated/α-hetero) is 1. The molecule has 0 saturated carbocycles. The summed E-state index contributed by atoms with van der Waals surface area (Å²) in [5, 5.41) is 0. The molecule has 1 saturated heterocycles. The zero-order valence-corrected chi connectivity index (χ0v) is 12.1. The third-order valence-corrected chi connectivity index (χ3v) is 3.03. The Labute approximate surface area is 122 Å². The minimum atomic E-state index is -0.552. The van der Waals surface area contributed by atoms with Crippen LogP contribution in [0.3, 0.4) is 0 Å². The average molecular weight is 294 g/mol. The molecule has 0 bridgehead atoms. The van der Waals surface area contributed by atoms with E-state index in [0.717, 1.165) is 5.56 Å². The molecule has 0 atom stereocenters. The third-order valence-electron chi connectivity index (χ3n) is 3.03. The largest absolute Gasteiger partial charge is 0.496 e. The molecular formula is C15H18O6. The number of carbonyl (C=O) groups is 2. The second-order valence-corrected chi connectivity index (χ2v) is 4.44. The topological polar surface area (TPSA) is 71.1 Å². The molecule has 1 aliphatic rings. The molecule has 0 radical (unpaired) electrons. The lowest BCUT2D eigenvalue weighted by Crippen LogP contribution is -2.13. The van der Waals surface area contributed by atoms with Crippen LogP contribution < -0.4 is 4.74 Å². The molecule has 1 aromatic carbocycles. The lowest BCUT2D eigenvalue weighted by Gasteiger charge is -2.13. The summed E-state index contributed by atoms with van der Waals surface area (Å²) in [7, 11) is 1.47. The second-order valence-electron chi connectivity index (χ2n) is 4.44. The van der Waals surface area contributed by atoms with Gasteiger partial charge in [-0.05, 0) is 19.1 Å². The predicted octanol–water partition coefficient (Wildman–Crippen LogP) is 1.88. The number of benzene rings is 1. The molecule has 0 amide bonds. The highest BCUT2D eigenvalue weighted by Crippen LogP contribution is 2.29. The van der Waals surface area contributed by atoms with Crippen LogP contribution >= 0.6 is 0 Å². The second kappa shape index (κ2) is 7.19. The number of esters is 1. The molecule has 0 aromatic heterocycles. The van der Waals surface area contributed by atoms with Crippen LogP contribution in [0.15, 0.2) is 18.2 Å². The number of rotatable bonds is 6. The minimum Gasteiger partial charge on any atom is -0.496 e. The summed E-state index contributed by atoms with van der Waals surface area (Å²) in [5.41, 5.74) is 1.04. The van der Waals surface area contributed by atoms with Crippen LogP contribution in [0, 0.1) is 0 Å². The molecule has 1 fully saturated rings. The molecule has 2 rings (SSSR count). The summed E-state index contributed by atoms with van der Waals surface area (Å²) >= 11 is 0. The first kappa shape index (κ1) is 15.5. The lowest BCUT2D eigenvalue weighted by atomic mass is 10.0. The number of hydrogen-bond donors (Lipinski definition) is 0. The molecule has 114 valence electrons. The van der Waals surface area contributed by atoms with Crippen molar-refractivity contribution in [3.8, 4) is 5.75 Å². The summed E-state index contributed by atoms with van der Waals surface area (Å²) in [6, 6.07) is 5.07. The van der Waals surface area contributed by atoms with Gasteiger partial charge in [0.15, 0.2) is 12.1 Å². The van der Waals surface area contributed by atoms with E-state index in [1.165, 1.54) is 7.11 Å². The van der Waals surface area contributed by atoms with Crippen molar-refractivity contribution in [2.24, 2.45) is 0 Å². The van der Waals surface area contributed by atoms with Crippen molar-refractivity contribution >= 4 is 11.8 Å². The Bertz CT molecular complexity index is 519. The molecule has 0 unspecified atom stereocenters. The van der Waals surface area contributed by atoms with Gasteiger partial charge in [0.1, 0.15) is 12.2 Å². The summed E-state index contributed by atoms with van der Waals surface area (Å²) < 4.78 is 20.8. The number of ketones is 1. The van der Waals surface area contributed by atoms with E-state index in [9.17, 15) is 9.59 Å². The molecule has 0 spiro atoms. The van der Waals surface area contributed by atoms with E-state index in [0.29, 0.717) is 24.5 Å². The number of ether oxygens (including phenoxy) is 4. The first-order valence-electron chi connectivity index (χ1n) is 6.75. The highest BCUT2D eigenvalue weighted by molar-refractivity contribution is 6.07. The van der Waals surface area contributed by atoms with E-state index in [4.69, 9.17) is 18.9 Å². The molecule has 1 heterocycles. The van der Waals surface area contributed by atoms with Gasteiger partial charge in [0, 0.05) is 5.56 Å². The maximum Gasteiger partial charge on any atom is 0.313 e. The lowest BCUT2D eigenvalue weighted by molar-refractivity contribution is -0.141. The normalized spacial score (nSPS) is 15.0. The van der Waals surface area contributed by atoms with Gasteiger partial charge in [-0.1, -0.05) is 6.07 Å². The fourth-order valence-electron chi connectivity index (χ4n) is 2.08. The third kappa shape index (κ3) is 3.80. The van der Waals surface area contributed by atoms with Gasteiger partial charge >= 0.3 is 5.97 Å². The number of carbonyl (C=O) groups excluding carboxylic acids is 2. The van der Waals surface area contributed by atoms with Gasteiger partial charge < -0.3 is 18.9 Å². The van der Waals surface area contributed by atoms with Crippen molar-refractivity contribution in [3.05, 3.63) is 29.3 Å². The van der Waals surface area contributed by atoms with Crippen molar-refractivity contribution in [2.45, 2.75) is 19.6 Å². The summed E-state index contributed by atoms with van der Waals surface area (Å²) in [6.07, 6.45) is -0.801. The number of methoxy groups -OCH3 is 1. The van der Waals surface area contributed by atoms with E-state index in [1.54, 1.807) is 25.1 Å². The van der Waals surface area contributed by atoms with Crippen LogP contribution in [-0.2, 0) is 19.0 Å². The highest BCUT2D eigenvalue weighted by atomic mass is 16.7. The fraction of sp³-hybridized carbons (Fsp3) is 0.467. The quantitative estimate of drug-likeness (QED) is 0.453. The molecule has 0 aliphatic carbocycles. The van der Waals surface area contributed by atoms with E-state index in [1.807, 2.05) is 0 Å². The SMILES string of the molecule is CCOC(=O)CC(=O)c1cc(C2OCCO2)ccc1OC. The molecule has 6 heteroatoms. The number of hydrogen-bond acceptors (Lipinski definition) is 6. The Morgan fingerprint density at radius 3 is 2.62 bits per heavy atom. The first-order valence-corrected chi connectivity index (χ1v) is 6.75. The fourth-order valence-corrected chi connectivity index (χ4v) is 2.08. The molecular weight excluding hydrogens is 276 g/mol. The molecule has 1 aromatic rings. The van der Waals surface area contributed by atoms with E-state index < -0.39 is 12.3 Å². The zero-order valence-electron chi connectivity index (χ0n) is 12.1. The molecule has 0 N–H and O–H groups in total. The van der Waals surface area contributed by atoms with Crippen LogP contribution in [0.25, 0.3) is 0 Å². The van der Waals surface area contributed by atoms with E-state index in [-0.39, 0.29) is 18.8 Å². The van der Waals surface area contributed by atoms with Gasteiger partial charge in [-0.25, -0.2) is 0 Å². The van der Waals surface area contributed by atoms with E-state index >= 15 is 0 Å². The maximum atomic E-state index is 12.2. The van der Waals surface area contributed by atoms with Gasteiger partial charge in [0.05, 0.1) is 32.5 Å². The van der Waals surface area contributed by atoms with Gasteiger partial charge in [-0.3, -0.25) is 9.59 Å². The van der Waals surface area contributed by atoms with Crippen LogP contribution in [0.1, 0.15) is 35.6 Å². The monoisotopic (exact) mass is 294 g/mol. The van der Waals surface area contributed by atoms with Gasteiger partial charge in [-0.2, -0.15) is 0 Å². The predicted molar refractivity (Wildman–Crippen MR) is 73.2 cm³/mol. The van der Waals surface area contributed by atoms with Gasteiger partial charge in [-0.15, -0.1) is 0 Å². The Hall–Kier alpha value is -1.92. The van der Waals surface area contributed by atoms with Crippen molar-refractivity contribution in [2.75, 3.05) is 26.9 Å². The Morgan fingerprint density at radius 2 is 2.00 bits per heavy atom.